The highest BCUT2D eigenvalue weighted by atomic mass is 79.9. The predicted molar refractivity (Wildman–Crippen MR) is 107 cm³/mol. The molecule has 9 heteroatoms. The molecule has 1 aromatic carbocycles. The first kappa shape index (κ1) is 20.1. The lowest BCUT2D eigenvalue weighted by atomic mass is 9.95. The van der Waals surface area contributed by atoms with Crippen molar-refractivity contribution < 1.29 is 9.59 Å². The number of rotatable bonds is 5. The van der Waals surface area contributed by atoms with Gasteiger partial charge in [-0.1, -0.05) is 30.3 Å². The van der Waals surface area contributed by atoms with Gasteiger partial charge in [-0.25, -0.2) is 4.79 Å². The number of likely N-dealkylation sites (tertiary alicyclic amines) is 1. The number of benzene rings is 1. The van der Waals surface area contributed by atoms with Crippen LogP contribution in [-0.4, -0.2) is 39.4 Å². The number of aromatic amines is 1. The second kappa shape index (κ2) is 9.01. The summed E-state index contributed by atoms with van der Waals surface area (Å²) in [7, 11) is 0. The third-order valence-electron chi connectivity index (χ3n) is 4.80. The van der Waals surface area contributed by atoms with E-state index < -0.39 is 11.2 Å². The number of aromatic nitrogens is 2. The van der Waals surface area contributed by atoms with Gasteiger partial charge >= 0.3 is 5.69 Å². The van der Waals surface area contributed by atoms with Gasteiger partial charge in [-0.3, -0.25) is 23.9 Å². The van der Waals surface area contributed by atoms with Gasteiger partial charge in [0.05, 0.1) is 4.47 Å². The van der Waals surface area contributed by atoms with Crippen LogP contribution < -0.4 is 16.6 Å². The van der Waals surface area contributed by atoms with E-state index in [1.807, 2.05) is 30.3 Å². The van der Waals surface area contributed by atoms with Gasteiger partial charge in [-0.15, -0.1) is 0 Å². The lowest BCUT2D eigenvalue weighted by molar-refractivity contribution is -0.136. The van der Waals surface area contributed by atoms with Crippen LogP contribution in [0.4, 0.5) is 0 Å². The number of nitrogens with one attached hydrogen (secondary N) is 2. The van der Waals surface area contributed by atoms with Crippen molar-refractivity contribution in [2.45, 2.75) is 25.9 Å². The van der Waals surface area contributed by atoms with E-state index >= 15 is 0 Å². The quantitative estimate of drug-likeness (QED) is 0.707. The van der Waals surface area contributed by atoms with Crippen molar-refractivity contribution in [2.75, 3.05) is 13.1 Å². The van der Waals surface area contributed by atoms with E-state index in [2.05, 4.69) is 26.2 Å². The SMILES string of the molecule is O=C(NCc1ccccc1)C1CCN(C(=O)Cn2cc(Br)c(=O)[nH]c2=O)CC1. The van der Waals surface area contributed by atoms with Crippen LogP contribution in [-0.2, 0) is 22.7 Å². The van der Waals surface area contributed by atoms with Crippen molar-refractivity contribution in [3.8, 4) is 0 Å². The van der Waals surface area contributed by atoms with Gasteiger partial charge < -0.3 is 10.2 Å². The number of carbonyl (C=O) groups excluding carboxylic acids is 2. The zero-order chi connectivity index (χ0) is 20.1. The van der Waals surface area contributed by atoms with E-state index in [-0.39, 0.29) is 28.7 Å². The fourth-order valence-corrected chi connectivity index (χ4v) is 3.51. The van der Waals surface area contributed by atoms with E-state index in [9.17, 15) is 19.2 Å². The van der Waals surface area contributed by atoms with E-state index in [0.717, 1.165) is 10.1 Å². The molecular formula is C19H21BrN4O4. The van der Waals surface area contributed by atoms with Crippen LogP contribution in [0.3, 0.4) is 0 Å². The number of halogens is 1. The van der Waals surface area contributed by atoms with E-state index in [1.165, 1.54) is 6.20 Å². The highest BCUT2D eigenvalue weighted by molar-refractivity contribution is 9.10. The Morgan fingerprint density at radius 3 is 2.50 bits per heavy atom. The van der Waals surface area contributed by atoms with Crippen molar-refractivity contribution in [1.29, 1.82) is 0 Å². The molecule has 0 unspecified atom stereocenters. The van der Waals surface area contributed by atoms with Crippen molar-refractivity contribution in [3.63, 3.8) is 0 Å². The second-order valence-electron chi connectivity index (χ2n) is 6.72. The average Bonchev–Trinajstić information content (AvgIpc) is 2.71. The molecule has 1 fully saturated rings. The van der Waals surface area contributed by atoms with Crippen LogP contribution in [0.5, 0.6) is 0 Å². The van der Waals surface area contributed by atoms with Gasteiger partial charge in [0.25, 0.3) is 5.56 Å². The Morgan fingerprint density at radius 1 is 1.14 bits per heavy atom. The maximum absolute atomic E-state index is 12.5. The molecule has 0 radical (unpaired) electrons. The molecule has 2 amide bonds. The van der Waals surface area contributed by atoms with Gasteiger partial charge in [0.2, 0.25) is 11.8 Å². The summed E-state index contributed by atoms with van der Waals surface area (Å²) < 4.78 is 1.35. The minimum atomic E-state index is -0.628. The summed E-state index contributed by atoms with van der Waals surface area (Å²) in [6, 6.07) is 9.70. The first-order valence-electron chi connectivity index (χ1n) is 9.02. The van der Waals surface area contributed by atoms with Crippen molar-refractivity contribution in [3.05, 3.63) is 67.4 Å². The van der Waals surface area contributed by atoms with Crippen molar-refractivity contribution >= 4 is 27.7 Å². The van der Waals surface area contributed by atoms with Crippen molar-refractivity contribution in [1.82, 2.24) is 19.8 Å². The molecule has 0 atom stereocenters. The molecule has 1 aromatic heterocycles. The van der Waals surface area contributed by atoms with Crippen LogP contribution in [0, 0.1) is 5.92 Å². The molecule has 0 bridgehead atoms. The summed E-state index contributed by atoms with van der Waals surface area (Å²) in [5, 5.41) is 2.94. The average molecular weight is 449 g/mol. The Labute approximate surface area is 169 Å². The number of hydrogen-bond acceptors (Lipinski definition) is 4. The van der Waals surface area contributed by atoms with Gasteiger partial charge in [-0.2, -0.15) is 0 Å². The molecule has 148 valence electrons. The zero-order valence-electron chi connectivity index (χ0n) is 15.2. The third kappa shape index (κ3) is 4.98. The first-order valence-corrected chi connectivity index (χ1v) is 9.82. The monoisotopic (exact) mass is 448 g/mol. The Kier molecular flexibility index (Phi) is 6.45. The predicted octanol–water partition coefficient (Wildman–Crippen LogP) is 0.854. The summed E-state index contributed by atoms with van der Waals surface area (Å²) in [5.41, 5.74) is -0.117. The number of nitrogens with zero attached hydrogens (tertiary/aromatic N) is 2. The summed E-state index contributed by atoms with van der Waals surface area (Å²) in [5.74, 6) is -0.348. The Morgan fingerprint density at radius 2 is 1.82 bits per heavy atom. The maximum atomic E-state index is 12.5. The van der Waals surface area contributed by atoms with E-state index in [4.69, 9.17) is 0 Å². The largest absolute Gasteiger partial charge is 0.352 e. The first-order chi connectivity index (χ1) is 13.4. The molecule has 2 N–H and O–H groups in total. The van der Waals surface area contributed by atoms with Crippen LogP contribution in [0.1, 0.15) is 18.4 Å². The second-order valence-corrected chi connectivity index (χ2v) is 7.58. The minimum Gasteiger partial charge on any atom is -0.352 e. The summed E-state index contributed by atoms with van der Waals surface area (Å²) in [6.45, 7) is 1.25. The van der Waals surface area contributed by atoms with Gasteiger partial charge in [0.1, 0.15) is 6.54 Å². The smallest absolute Gasteiger partial charge is 0.328 e. The molecule has 8 nitrogen and oxygen atoms in total. The Hall–Kier alpha value is -2.68. The number of amides is 2. The summed E-state index contributed by atoms with van der Waals surface area (Å²) >= 11 is 3.05. The molecule has 2 aromatic rings. The molecule has 1 aliphatic heterocycles. The third-order valence-corrected chi connectivity index (χ3v) is 5.37. The maximum Gasteiger partial charge on any atom is 0.328 e. The molecule has 2 heterocycles. The fourth-order valence-electron chi connectivity index (χ4n) is 3.17. The zero-order valence-corrected chi connectivity index (χ0v) is 16.8. The van der Waals surface area contributed by atoms with Crippen LogP contribution >= 0.6 is 15.9 Å². The highest BCUT2D eigenvalue weighted by Gasteiger charge is 2.27. The molecule has 0 saturated carbocycles. The van der Waals surface area contributed by atoms with Gasteiger partial charge in [0, 0.05) is 31.7 Å². The van der Waals surface area contributed by atoms with Crippen molar-refractivity contribution in [2.24, 2.45) is 5.92 Å². The van der Waals surface area contributed by atoms with Crippen LogP contribution in [0.15, 0.2) is 50.6 Å². The molecule has 0 spiro atoms. The Bertz CT molecular complexity index is 962. The standard InChI is InChI=1S/C19H21BrN4O4/c20-15-11-24(19(28)22-18(15)27)12-16(25)23-8-6-14(7-9-23)17(26)21-10-13-4-2-1-3-5-13/h1-5,11,14H,6-10,12H2,(H,21,26)(H,22,27,28). The summed E-state index contributed by atoms with van der Waals surface area (Å²) in [6.07, 6.45) is 2.47. The van der Waals surface area contributed by atoms with E-state index in [1.54, 1.807) is 4.90 Å². The minimum absolute atomic E-state index is 0.00302. The van der Waals surface area contributed by atoms with Gasteiger partial charge in [0.15, 0.2) is 0 Å². The molecule has 1 aliphatic rings. The van der Waals surface area contributed by atoms with E-state index in [0.29, 0.717) is 32.5 Å². The number of piperidine rings is 1. The normalized spacial score (nSPS) is 14.7. The molecular weight excluding hydrogens is 428 g/mol. The lowest BCUT2D eigenvalue weighted by Gasteiger charge is -2.31. The fraction of sp³-hybridized carbons (Fsp3) is 0.368. The number of carbonyl (C=O) groups is 2. The molecule has 0 aliphatic carbocycles. The number of hydrogen-bond donors (Lipinski definition) is 2. The van der Waals surface area contributed by atoms with Crippen LogP contribution in [0.2, 0.25) is 0 Å². The molecule has 28 heavy (non-hydrogen) atoms. The highest BCUT2D eigenvalue weighted by Crippen LogP contribution is 2.18. The number of H-pyrrole nitrogens is 1. The van der Waals surface area contributed by atoms with Gasteiger partial charge in [-0.05, 0) is 34.3 Å². The molecule has 1 saturated heterocycles. The summed E-state index contributed by atoms with van der Waals surface area (Å²) in [4.78, 5) is 51.8. The molecule has 3 rings (SSSR count). The lowest BCUT2D eigenvalue weighted by Crippen LogP contribution is -2.45. The van der Waals surface area contributed by atoms with Crippen LogP contribution in [0.25, 0.3) is 0 Å². The Balaban J connectivity index is 1.50. The topological polar surface area (TPSA) is 104 Å².